The normalized spacial score (nSPS) is 27.5. The first-order valence-electron chi connectivity index (χ1n) is 9.72. The highest BCUT2D eigenvalue weighted by Gasteiger charge is 2.44. The van der Waals surface area contributed by atoms with Gasteiger partial charge in [-0.05, 0) is 63.6 Å². The van der Waals surface area contributed by atoms with Gasteiger partial charge in [-0.1, -0.05) is 18.6 Å². The van der Waals surface area contributed by atoms with Gasteiger partial charge in [0.25, 0.3) is 0 Å². The third kappa shape index (κ3) is 3.24. The van der Waals surface area contributed by atoms with E-state index in [0.29, 0.717) is 11.8 Å². The van der Waals surface area contributed by atoms with Crippen molar-refractivity contribution < 1.29 is 4.79 Å². The number of amides is 2. The molecule has 4 rings (SSSR count). The number of fused-ring (bicyclic) bond motifs is 1. The molecule has 1 saturated heterocycles. The number of anilines is 1. The maximum absolute atomic E-state index is 13.0. The van der Waals surface area contributed by atoms with Gasteiger partial charge in [0.1, 0.15) is 5.84 Å². The first kappa shape index (κ1) is 17.8. The molecular weight excluding hydrogens is 338 g/mol. The van der Waals surface area contributed by atoms with Crippen molar-refractivity contribution in [1.29, 1.82) is 0 Å². The smallest absolute Gasteiger partial charge is 0.327 e. The van der Waals surface area contributed by atoms with Crippen LogP contribution in [0.4, 0.5) is 10.5 Å². The van der Waals surface area contributed by atoms with Crippen LogP contribution in [0, 0.1) is 11.8 Å². The highest BCUT2D eigenvalue weighted by Crippen LogP contribution is 2.37. The van der Waals surface area contributed by atoms with E-state index in [4.69, 9.17) is 4.99 Å². The van der Waals surface area contributed by atoms with Crippen LogP contribution in [0.1, 0.15) is 40.5 Å². The molecule has 2 heterocycles. The fourth-order valence-electron chi connectivity index (χ4n) is 4.38. The van der Waals surface area contributed by atoms with Gasteiger partial charge in [-0.15, -0.1) is 0 Å². The number of rotatable bonds is 3. The number of aromatic amines is 1. The summed E-state index contributed by atoms with van der Waals surface area (Å²) in [6.07, 6.45) is 6.15. The standard InChI is InChI=1S/C21H27N5O/c1-12(2)24-20-19(16-7-5-13(3)9-14(16)4)26(21(27)25-20)15-6-8-17-18(10-15)23-11-22-17/h6,8-12,14,16,19H,5,7H2,1-4H3,(H,22,23)(H,24,25,27). The summed E-state index contributed by atoms with van der Waals surface area (Å²) in [5.41, 5.74) is 4.13. The molecule has 2 aliphatic rings. The van der Waals surface area contributed by atoms with E-state index in [2.05, 4.69) is 35.2 Å². The van der Waals surface area contributed by atoms with Crippen LogP contribution >= 0.6 is 0 Å². The zero-order valence-electron chi connectivity index (χ0n) is 16.4. The Labute approximate surface area is 159 Å². The van der Waals surface area contributed by atoms with Crippen molar-refractivity contribution >= 4 is 28.6 Å². The number of imidazole rings is 1. The number of benzene rings is 1. The number of urea groups is 1. The number of amidine groups is 1. The molecule has 0 radical (unpaired) electrons. The Morgan fingerprint density at radius 2 is 2.15 bits per heavy atom. The highest BCUT2D eigenvalue weighted by molar-refractivity contribution is 6.16. The Balaban J connectivity index is 1.78. The van der Waals surface area contributed by atoms with Crippen LogP contribution in [0.25, 0.3) is 11.0 Å². The summed E-state index contributed by atoms with van der Waals surface area (Å²) >= 11 is 0. The number of aliphatic imine (C=N–C) groups is 1. The maximum atomic E-state index is 13.0. The van der Waals surface area contributed by atoms with Crippen molar-refractivity contribution in [3.63, 3.8) is 0 Å². The van der Waals surface area contributed by atoms with E-state index < -0.39 is 0 Å². The zero-order valence-corrected chi connectivity index (χ0v) is 16.4. The number of carbonyl (C=O) groups is 1. The van der Waals surface area contributed by atoms with E-state index in [1.807, 2.05) is 36.9 Å². The van der Waals surface area contributed by atoms with Crippen LogP contribution in [0.3, 0.4) is 0 Å². The molecule has 1 fully saturated rings. The molecule has 3 atom stereocenters. The SMILES string of the molecule is CC1=CC(C)C(C2/C(=N/C(C)C)NC(=O)N2c2ccc3[nH]cnc3c2)CC1. The fraction of sp³-hybridized carbons (Fsp3) is 0.476. The number of H-pyrrole nitrogens is 1. The lowest BCUT2D eigenvalue weighted by atomic mass is 9.77. The van der Waals surface area contributed by atoms with Crippen molar-refractivity contribution in [3.05, 3.63) is 36.2 Å². The third-order valence-electron chi connectivity index (χ3n) is 5.59. The van der Waals surface area contributed by atoms with E-state index in [1.54, 1.807) is 6.33 Å². The summed E-state index contributed by atoms with van der Waals surface area (Å²) in [6.45, 7) is 8.53. The summed E-state index contributed by atoms with van der Waals surface area (Å²) in [6, 6.07) is 5.90. The predicted molar refractivity (Wildman–Crippen MR) is 109 cm³/mol. The number of aromatic nitrogens is 2. The molecule has 1 aliphatic carbocycles. The van der Waals surface area contributed by atoms with E-state index in [-0.39, 0.29) is 18.1 Å². The van der Waals surface area contributed by atoms with Crippen LogP contribution in [-0.2, 0) is 0 Å². The van der Waals surface area contributed by atoms with Gasteiger partial charge in [0.05, 0.1) is 23.4 Å². The van der Waals surface area contributed by atoms with Gasteiger partial charge in [-0.25, -0.2) is 9.78 Å². The lowest BCUT2D eigenvalue weighted by Gasteiger charge is -2.36. The number of nitrogens with zero attached hydrogens (tertiary/aromatic N) is 3. The zero-order chi connectivity index (χ0) is 19.1. The Bertz CT molecular complexity index is 926. The van der Waals surface area contributed by atoms with Crippen LogP contribution < -0.4 is 10.2 Å². The minimum absolute atomic E-state index is 0.0735. The Kier molecular flexibility index (Phi) is 4.50. The minimum atomic E-state index is -0.104. The average molecular weight is 365 g/mol. The fourth-order valence-corrected chi connectivity index (χ4v) is 4.38. The van der Waals surface area contributed by atoms with Crippen LogP contribution in [0.2, 0.25) is 0 Å². The number of nitrogens with one attached hydrogen (secondary N) is 2. The molecule has 6 nitrogen and oxygen atoms in total. The molecular formula is C21H27N5O. The van der Waals surface area contributed by atoms with Crippen LogP contribution in [0.5, 0.6) is 0 Å². The van der Waals surface area contributed by atoms with E-state index in [9.17, 15) is 4.79 Å². The summed E-state index contributed by atoms with van der Waals surface area (Å²) in [4.78, 5) is 27.1. The first-order valence-corrected chi connectivity index (χ1v) is 9.72. The van der Waals surface area contributed by atoms with Gasteiger partial charge in [0, 0.05) is 11.7 Å². The molecule has 142 valence electrons. The van der Waals surface area contributed by atoms with Gasteiger partial charge < -0.3 is 4.98 Å². The summed E-state index contributed by atoms with van der Waals surface area (Å²) in [5.74, 6) is 1.52. The average Bonchev–Trinajstić information content (AvgIpc) is 3.18. The third-order valence-corrected chi connectivity index (χ3v) is 5.59. The lowest BCUT2D eigenvalue weighted by Crippen LogP contribution is -2.44. The summed E-state index contributed by atoms with van der Waals surface area (Å²) in [5, 5.41) is 3.04. The van der Waals surface area contributed by atoms with E-state index in [1.165, 1.54) is 5.57 Å². The number of carbonyl (C=O) groups excluding carboxylic acids is 1. The molecule has 2 N–H and O–H groups in total. The minimum Gasteiger partial charge on any atom is -0.345 e. The molecule has 3 unspecified atom stereocenters. The van der Waals surface area contributed by atoms with E-state index >= 15 is 0 Å². The van der Waals surface area contributed by atoms with Crippen molar-refractivity contribution in [2.24, 2.45) is 16.8 Å². The molecule has 6 heteroatoms. The first-order chi connectivity index (χ1) is 12.9. The highest BCUT2D eigenvalue weighted by atomic mass is 16.2. The van der Waals surface area contributed by atoms with Crippen molar-refractivity contribution in [3.8, 4) is 0 Å². The lowest BCUT2D eigenvalue weighted by molar-refractivity contribution is 0.250. The van der Waals surface area contributed by atoms with Crippen molar-refractivity contribution in [2.75, 3.05) is 4.90 Å². The monoisotopic (exact) mass is 365 g/mol. The molecule has 1 aliphatic heterocycles. The second-order valence-electron chi connectivity index (χ2n) is 8.03. The molecule has 2 amide bonds. The number of hydrogen-bond donors (Lipinski definition) is 2. The van der Waals surface area contributed by atoms with Gasteiger partial charge >= 0.3 is 6.03 Å². The molecule has 0 bridgehead atoms. The predicted octanol–water partition coefficient (Wildman–Crippen LogP) is 4.26. The van der Waals surface area contributed by atoms with Crippen molar-refractivity contribution in [2.45, 2.75) is 52.6 Å². The van der Waals surface area contributed by atoms with Crippen LogP contribution in [-0.4, -0.2) is 33.9 Å². The summed E-state index contributed by atoms with van der Waals surface area (Å²) < 4.78 is 0. The maximum Gasteiger partial charge on any atom is 0.327 e. The molecule has 1 aromatic heterocycles. The van der Waals surface area contributed by atoms with E-state index in [0.717, 1.165) is 35.4 Å². The summed E-state index contributed by atoms with van der Waals surface area (Å²) in [7, 11) is 0. The Morgan fingerprint density at radius 3 is 2.89 bits per heavy atom. The second kappa shape index (κ2) is 6.83. The molecule has 0 spiro atoms. The van der Waals surface area contributed by atoms with Gasteiger partial charge in [-0.3, -0.25) is 15.2 Å². The number of allylic oxidation sites excluding steroid dienone is 2. The Hall–Kier alpha value is -2.63. The molecule has 0 saturated carbocycles. The van der Waals surface area contributed by atoms with Gasteiger partial charge in [0.2, 0.25) is 0 Å². The Morgan fingerprint density at radius 1 is 1.33 bits per heavy atom. The topological polar surface area (TPSA) is 73.4 Å². The van der Waals surface area contributed by atoms with Gasteiger partial charge in [-0.2, -0.15) is 0 Å². The van der Waals surface area contributed by atoms with Crippen molar-refractivity contribution in [1.82, 2.24) is 15.3 Å². The number of hydrogen-bond acceptors (Lipinski definition) is 3. The quantitative estimate of drug-likeness (QED) is 0.798. The molecule has 27 heavy (non-hydrogen) atoms. The molecule has 1 aromatic carbocycles. The largest absolute Gasteiger partial charge is 0.345 e. The van der Waals surface area contributed by atoms with Crippen LogP contribution in [0.15, 0.2) is 41.2 Å². The van der Waals surface area contributed by atoms with Gasteiger partial charge in [0.15, 0.2) is 0 Å². The second-order valence-corrected chi connectivity index (χ2v) is 8.03. The molecule has 2 aromatic rings.